The predicted octanol–water partition coefficient (Wildman–Crippen LogP) is 1.22. The molecule has 0 aliphatic carbocycles. The topological polar surface area (TPSA) is 116 Å². The van der Waals surface area contributed by atoms with Crippen molar-refractivity contribution in [1.29, 1.82) is 0 Å². The molecule has 0 aliphatic heterocycles. The van der Waals surface area contributed by atoms with Crippen molar-refractivity contribution in [3.05, 3.63) is 44.0 Å². The Morgan fingerprint density at radius 3 is 2.05 bits per heavy atom. The molecule has 0 aromatic heterocycles. The lowest BCUT2D eigenvalue weighted by atomic mass is 10.2. The summed E-state index contributed by atoms with van der Waals surface area (Å²) >= 11 is 0. The summed E-state index contributed by atoms with van der Waals surface area (Å²) in [6.45, 7) is 0.561. The fourth-order valence-corrected chi connectivity index (χ4v) is 1.33. The van der Waals surface area contributed by atoms with Gasteiger partial charge in [-0.1, -0.05) is 0 Å². The number of esters is 1. The van der Waals surface area contributed by atoms with Crippen LogP contribution in [0.15, 0.2) is 18.2 Å². The molecule has 9 heteroatoms. The zero-order chi connectivity index (χ0) is 15.3. The van der Waals surface area contributed by atoms with Crippen LogP contribution >= 0.6 is 0 Å². The molecule has 0 amide bonds. The van der Waals surface area contributed by atoms with E-state index < -0.39 is 27.2 Å². The van der Waals surface area contributed by atoms with Gasteiger partial charge in [0.15, 0.2) is 0 Å². The van der Waals surface area contributed by atoms with Gasteiger partial charge in [0.1, 0.15) is 6.61 Å². The van der Waals surface area contributed by atoms with Crippen LogP contribution in [-0.2, 0) is 4.74 Å². The number of carbonyl (C=O) groups is 1. The Morgan fingerprint density at radius 1 is 1.15 bits per heavy atom. The number of benzene rings is 1. The summed E-state index contributed by atoms with van der Waals surface area (Å²) in [7, 11) is 3.57. The Hall–Kier alpha value is -2.55. The largest absolute Gasteiger partial charge is 0.461 e. The number of nitrogens with zero attached hydrogens (tertiary/aromatic N) is 3. The molecule has 0 unspecified atom stereocenters. The summed E-state index contributed by atoms with van der Waals surface area (Å²) < 4.78 is 4.88. The molecule has 0 saturated heterocycles. The van der Waals surface area contributed by atoms with Crippen molar-refractivity contribution in [2.45, 2.75) is 0 Å². The van der Waals surface area contributed by atoms with E-state index in [4.69, 9.17) is 4.74 Å². The molecular formula is C11H13N3O6. The van der Waals surface area contributed by atoms with Gasteiger partial charge in [0, 0.05) is 18.7 Å². The first-order valence-electron chi connectivity index (χ1n) is 5.57. The molecule has 0 atom stereocenters. The lowest BCUT2D eigenvalue weighted by Crippen LogP contribution is -2.20. The first-order chi connectivity index (χ1) is 9.31. The third kappa shape index (κ3) is 4.28. The molecule has 108 valence electrons. The average molecular weight is 283 g/mol. The van der Waals surface area contributed by atoms with Crippen LogP contribution in [0.1, 0.15) is 10.4 Å². The van der Waals surface area contributed by atoms with Crippen molar-refractivity contribution in [2.24, 2.45) is 0 Å². The molecule has 0 bridgehead atoms. The molecule has 0 N–H and O–H groups in total. The minimum absolute atomic E-state index is 0.0856. The fourth-order valence-electron chi connectivity index (χ4n) is 1.33. The summed E-state index contributed by atoms with van der Waals surface area (Å²) in [5.41, 5.74) is -1.28. The maximum Gasteiger partial charge on any atom is 0.338 e. The van der Waals surface area contributed by atoms with Crippen molar-refractivity contribution >= 4 is 17.3 Å². The molecule has 1 aromatic rings. The van der Waals surface area contributed by atoms with Gasteiger partial charge in [-0.3, -0.25) is 20.2 Å². The summed E-state index contributed by atoms with van der Waals surface area (Å²) in [6.07, 6.45) is 0. The maximum absolute atomic E-state index is 11.7. The Morgan fingerprint density at radius 2 is 1.65 bits per heavy atom. The molecule has 1 rings (SSSR count). The van der Waals surface area contributed by atoms with Gasteiger partial charge in [-0.25, -0.2) is 4.79 Å². The normalized spacial score (nSPS) is 10.3. The van der Waals surface area contributed by atoms with Crippen LogP contribution in [0.25, 0.3) is 0 Å². The second kappa shape index (κ2) is 6.57. The van der Waals surface area contributed by atoms with Crippen LogP contribution in [-0.4, -0.2) is 48.0 Å². The Labute approximate surface area is 114 Å². The van der Waals surface area contributed by atoms with Crippen molar-refractivity contribution in [3.63, 3.8) is 0 Å². The number of carbonyl (C=O) groups excluding carboxylic acids is 1. The van der Waals surface area contributed by atoms with Gasteiger partial charge >= 0.3 is 5.97 Å². The molecular weight excluding hydrogens is 270 g/mol. The second-order valence-corrected chi connectivity index (χ2v) is 4.19. The van der Waals surface area contributed by atoms with Crippen LogP contribution < -0.4 is 0 Å². The number of nitro groups is 2. The van der Waals surface area contributed by atoms with E-state index in [0.29, 0.717) is 6.54 Å². The van der Waals surface area contributed by atoms with Gasteiger partial charge < -0.3 is 9.64 Å². The van der Waals surface area contributed by atoms with E-state index in [0.717, 1.165) is 18.2 Å². The van der Waals surface area contributed by atoms with Crippen molar-refractivity contribution in [3.8, 4) is 0 Å². The highest BCUT2D eigenvalue weighted by Gasteiger charge is 2.20. The number of rotatable bonds is 6. The number of hydrogen-bond donors (Lipinski definition) is 0. The van der Waals surface area contributed by atoms with Crippen molar-refractivity contribution in [1.82, 2.24) is 4.90 Å². The van der Waals surface area contributed by atoms with Gasteiger partial charge in [0.2, 0.25) is 0 Å². The standard InChI is InChI=1S/C11H13N3O6/c1-12(2)3-4-20-11(15)8-5-9(13(16)17)7-10(6-8)14(18)19/h5-7H,3-4H2,1-2H3. The van der Waals surface area contributed by atoms with Gasteiger partial charge in [-0.2, -0.15) is 0 Å². The Kier molecular flexibility index (Phi) is 5.09. The third-order valence-corrected chi connectivity index (χ3v) is 2.33. The van der Waals surface area contributed by atoms with Gasteiger partial charge in [0.05, 0.1) is 21.5 Å². The van der Waals surface area contributed by atoms with E-state index in [1.807, 2.05) is 0 Å². The van der Waals surface area contributed by atoms with E-state index in [9.17, 15) is 25.0 Å². The zero-order valence-electron chi connectivity index (χ0n) is 10.9. The highest BCUT2D eigenvalue weighted by atomic mass is 16.6. The smallest absolute Gasteiger partial charge is 0.338 e. The first kappa shape index (κ1) is 15.5. The number of hydrogen-bond acceptors (Lipinski definition) is 7. The fraction of sp³-hybridized carbons (Fsp3) is 0.364. The lowest BCUT2D eigenvalue weighted by molar-refractivity contribution is -0.394. The molecule has 1 aromatic carbocycles. The minimum atomic E-state index is -0.835. The molecule has 0 fully saturated rings. The van der Waals surface area contributed by atoms with Crippen molar-refractivity contribution in [2.75, 3.05) is 27.2 Å². The predicted molar refractivity (Wildman–Crippen MR) is 68.6 cm³/mol. The number of non-ortho nitro benzene ring substituents is 2. The molecule has 0 heterocycles. The zero-order valence-corrected chi connectivity index (χ0v) is 10.9. The van der Waals surface area contributed by atoms with Crippen LogP contribution in [0.5, 0.6) is 0 Å². The van der Waals surface area contributed by atoms with Gasteiger partial charge in [-0.15, -0.1) is 0 Å². The number of ether oxygens (including phenoxy) is 1. The highest BCUT2D eigenvalue weighted by Crippen LogP contribution is 2.23. The molecule has 0 spiro atoms. The monoisotopic (exact) mass is 283 g/mol. The molecule has 9 nitrogen and oxygen atoms in total. The lowest BCUT2D eigenvalue weighted by Gasteiger charge is -2.09. The van der Waals surface area contributed by atoms with E-state index >= 15 is 0 Å². The van der Waals surface area contributed by atoms with E-state index in [1.54, 1.807) is 19.0 Å². The summed E-state index contributed by atoms with van der Waals surface area (Å²) in [5.74, 6) is -0.835. The molecule has 20 heavy (non-hydrogen) atoms. The van der Waals surface area contributed by atoms with Crippen LogP contribution in [0.3, 0.4) is 0 Å². The minimum Gasteiger partial charge on any atom is -0.461 e. The quantitative estimate of drug-likeness (QED) is 0.437. The molecule has 0 saturated carbocycles. The van der Waals surface area contributed by atoms with E-state index in [1.165, 1.54) is 0 Å². The Bertz CT molecular complexity index is 511. The Balaban J connectivity index is 2.95. The van der Waals surface area contributed by atoms with E-state index in [-0.39, 0.29) is 12.2 Å². The summed E-state index contributed by atoms with van der Waals surface area (Å²) in [4.78, 5) is 33.2. The highest BCUT2D eigenvalue weighted by molar-refractivity contribution is 5.91. The SMILES string of the molecule is CN(C)CCOC(=O)c1cc([N+](=O)[O-])cc([N+](=O)[O-])c1. The van der Waals surface area contributed by atoms with Gasteiger partial charge in [0.25, 0.3) is 11.4 Å². The third-order valence-electron chi connectivity index (χ3n) is 2.33. The van der Waals surface area contributed by atoms with E-state index in [2.05, 4.69) is 0 Å². The van der Waals surface area contributed by atoms with Crippen molar-refractivity contribution < 1.29 is 19.4 Å². The maximum atomic E-state index is 11.7. The van der Waals surface area contributed by atoms with Gasteiger partial charge in [-0.05, 0) is 14.1 Å². The number of likely N-dealkylation sites (N-methyl/N-ethyl adjacent to an activating group) is 1. The molecule has 0 aliphatic rings. The van der Waals surface area contributed by atoms with Crippen LogP contribution in [0.4, 0.5) is 11.4 Å². The average Bonchev–Trinajstić information content (AvgIpc) is 2.37. The summed E-state index contributed by atoms with van der Waals surface area (Å²) in [6, 6.07) is 2.69. The van der Waals surface area contributed by atoms with Crippen LogP contribution in [0.2, 0.25) is 0 Å². The second-order valence-electron chi connectivity index (χ2n) is 4.19. The first-order valence-corrected chi connectivity index (χ1v) is 5.57. The molecule has 0 radical (unpaired) electrons. The number of nitro benzene ring substituents is 2. The van der Waals surface area contributed by atoms with Crippen LogP contribution in [0, 0.1) is 20.2 Å². The summed E-state index contributed by atoms with van der Waals surface area (Å²) in [5, 5.41) is 21.4.